The molecule has 220 valence electrons. The third-order valence-corrected chi connectivity index (χ3v) is 6.80. The van der Waals surface area contributed by atoms with Crippen LogP contribution in [-0.2, 0) is 0 Å². The Balaban J connectivity index is 1.04. The van der Waals surface area contributed by atoms with Crippen molar-refractivity contribution in [3.63, 3.8) is 0 Å². The van der Waals surface area contributed by atoms with E-state index in [0.29, 0.717) is 56.8 Å². The second-order valence-corrected chi connectivity index (χ2v) is 9.97. The van der Waals surface area contributed by atoms with Crippen molar-refractivity contribution in [2.45, 2.75) is 0 Å². The van der Waals surface area contributed by atoms with Crippen molar-refractivity contribution >= 4 is 11.6 Å². The standard InChI is InChI=1S/C38H24F2O5/c39-29-9-21-35(22-10-29)44-33-17-5-27(6-18-33)37(41)25-1-13-31(14-2-25)43-32-15-3-26(4-16-32)38(42)28-7-19-34(20-8-28)45-36-23-11-30(40)12-24-36/h1-24H. The highest BCUT2D eigenvalue weighted by molar-refractivity contribution is 6.09. The highest BCUT2D eigenvalue weighted by atomic mass is 19.1. The molecule has 0 heterocycles. The summed E-state index contributed by atoms with van der Waals surface area (Å²) in [4.78, 5) is 26.0. The quantitative estimate of drug-likeness (QED) is 0.147. The molecule has 0 atom stereocenters. The number of halogens is 2. The van der Waals surface area contributed by atoms with Crippen molar-refractivity contribution in [3.8, 4) is 34.5 Å². The molecule has 6 aromatic carbocycles. The van der Waals surface area contributed by atoms with Crippen molar-refractivity contribution in [3.05, 3.63) is 179 Å². The number of ether oxygens (including phenoxy) is 3. The number of ketones is 2. The molecule has 0 aliphatic carbocycles. The van der Waals surface area contributed by atoms with Gasteiger partial charge in [0.05, 0.1) is 0 Å². The minimum absolute atomic E-state index is 0.159. The Morgan fingerprint density at radius 2 is 0.489 bits per heavy atom. The van der Waals surface area contributed by atoms with Crippen LogP contribution in [0.5, 0.6) is 34.5 Å². The maximum Gasteiger partial charge on any atom is 0.193 e. The Hall–Kier alpha value is -6.08. The van der Waals surface area contributed by atoms with Crippen LogP contribution >= 0.6 is 0 Å². The lowest BCUT2D eigenvalue weighted by Gasteiger charge is -2.09. The molecule has 0 aromatic heterocycles. The van der Waals surface area contributed by atoms with Crippen LogP contribution in [0.3, 0.4) is 0 Å². The van der Waals surface area contributed by atoms with Gasteiger partial charge in [-0.15, -0.1) is 0 Å². The fourth-order valence-electron chi connectivity index (χ4n) is 4.44. The Morgan fingerprint density at radius 1 is 0.311 bits per heavy atom. The SMILES string of the molecule is O=C(c1ccc(Oc2ccc(F)cc2)cc1)c1ccc(Oc2ccc(C(=O)c3ccc(Oc4ccc(F)cc4)cc3)cc2)cc1. The molecule has 0 aliphatic rings. The van der Waals surface area contributed by atoms with Crippen LogP contribution in [0, 0.1) is 11.6 Å². The third-order valence-electron chi connectivity index (χ3n) is 6.80. The number of hydrogen-bond acceptors (Lipinski definition) is 5. The summed E-state index contributed by atoms with van der Waals surface area (Å²) in [5, 5.41) is 0. The maximum absolute atomic E-state index is 13.1. The fourth-order valence-corrected chi connectivity index (χ4v) is 4.44. The average Bonchev–Trinajstić information content (AvgIpc) is 3.08. The molecule has 0 unspecified atom stereocenters. The first-order valence-corrected chi connectivity index (χ1v) is 13.9. The van der Waals surface area contributed by atoms with Gasteiger partial charge in [0.15, 0.2) is 11.6 Å². The van der Waals surface area contributed by atoms with Crippen LogP contribution in [-0.4, -0.2) is 11.6 Å². The van der Waals surface area contributed by atoms with E-state index in [4.69, 9.17) is 14.2 Å². The van der Waals surface area contributed by atoms with E-state index in [1.54, 1.807) is 97.1 Å². The predicted octanol–water partition coefficient (Wildman–Crippen LogP) is 9.80. The summed E-state index contributed by atoms with van der Waals surface area (Å²) >= 11 is 0. The molecule has 0 fully saturated rings. The molecule has 0 aliphatic heterocycles. The first-order chi connectivity index (χ1) is 21.9. The van der Waals surface area contributed by atoms with Gasteiger partial charge < -0.3 is 14.2 Å². The first kappa shape index (κ1) is 29.0. The Bertz CT molecular complexity index is 1770. The van der Waals surface area contributed by atoms with E-state index in [2.05, 4.69) is 0 Å². The lowest BCUT2D eigenvalue weighted by Crippen LogP contribution is -2.01. The van der Waals surface area contributed by atoms with Gasteiger partial charge in [0.25, 0.3) is 0 Å². The van der Waals surface area contributed by atoms with E-state index in [1.807, 2.05) is 0 Å². The van der Waals surface area contributed by atoms with Gasteiger partial charge in [0.1, 0.15) is 46.1 Å². The molecular formula is C38H24F2O5. The molecule has 0 bridgehead atoms. The zero-order chi connectivity index (χ0) is 31.2. The Kier molecular flexibility index (Phi) is 8.42. The van der Waals surface area contributed by atoms with Crippen LogP contribution in [0.1, 0.15) is 31.8 Å². The van der Waals surface area contributed by atoms with Gasteiger partial charge in [-0.25, -0.2) is 8.78 Å². The minimum atomic E-state index is -0.346. The maximum atomic E-state index is 13.1. The van der Waals surface area contributed by atoms with E-state index in [-0.39, 0.29) is 23.2 Å². The summed E-state index contributed by atoms with van der Waals surface area (Å²) in [6, 6.07) is 38.3. The van der Waals surface area contributed by atoms with E-state index < -0.39 is 0 Å². The molecule has 5 nitrogen and oxygen atoms in total. The molecule has 45 heavy (non-hydrogen) atoms. The van der Waals surface area contributed by atoms with Gasteiger partial charge in [-0.1, -0.05) is 0 Å². The van der Waals surface area contributed by atoms with Crippen LogP contribution in [0.2, 0.25) is 0 Å². The number of benzene rings is 6. The van der Waals surface area contributed by atoms with Gasteiger partial charge in [-0.2, -0.15) is 0 Å². The smallest absolute Gasteiger partial charge is 0.193 e. The molecule has 0 saturated carbocycles. The van der Waals surface area contributed by atoms with Gasteiger partial charge in [-0.3, -0.25) is 9.59 Å². The topological polar surface area (TPSA) is 61.8 Å². The van der Waals surface area contributed by atoms with Gasteiger partial charge >= 0.3 is 0 Å². The number of rotatable bonds is 10. The Labute approximate surface area is 257 Å². The van der Waals surface area contributed by atoms with Crippen molar-refractivity contribution in [2.24, 2.45) is 0 Å². The van der Waals surface area contributed by atoms with Gasteiger partial charge in [0, 0.05) is 22.3 Å². The summed E-state index contributed by atoms with van der Waals surface area (Å²) in [6.45, 7) is 0. The summed E-state index contributed by atoms with van der Waals surface area (Å²) in [5.74, 6) is 2.10. The molecular weight excluding hydrogens is 574 g/mol. The lowest BCUT2D eigenvalue weighted by atomic mass is 10.0. The van der Waals surface area contributed by atoms with E-state index in [9.17, 15) is 18.4 Å². The molecule has 7 heteroatoms. The van der Waals surface area contributed by atoms with Crippen molar-refractivity contribution < 1.29 is 32.6 Å². The Morgan fingerprint density at radius 3 is 0.689 bits per heavy atom. The molecule has 0 radical (unpaired) electrons. The molecule has 0 spiro atoms. The number of carbonyl (C=O) groups excluding carboxylic acids is 2. The lowest BCUT2D eigenvalue weighted by molar-refractivity contribution is 0.103. The summed E-state index contributed by atoms with van der Waals surface area (Å²) < 4.78 is 43.5. The molecule has 0 saturated heterocycles. The second-order valence-electron chi connectivity index (χ2n) is 9.97. The highest BCUT2D eigenvalue weighted by Gasteiger charge is 2.12. The first-order valence-electron chi connectivity index (χ1n) is 13.9. The highest BCUT2D eigenvalue weighted by Crippen LogP contribution is 2.27. The number of hydrogen-bond donors (Lipinski definition) is 0. The molecule has 0 N–H and O–H groups in total. The van der Waals surface area contributed by atoms with Crippen LogP contribution in [0.15, 0.2) is 146 Å². The summed E-state index contributed by atoms with van der Waals surface area (Å²) in [7, 11) is 0. The second kappa shape index (κ2) is 13.1. The molecule has 6 rings (SSSR count). The fraction of sp³-hybridized carbons (Fsp3) is 0. The molecule has 6 aromatic rings. The van der Waals surface area contributed by atoms with Crippen molar-refractivity contribution in [1.29, 1.82) is 0 Å². The van der Waals surface area contributed by atoms with Gasteiger partial charge in [-0.05, 0) is 146 Å². The largest absolute Gasteiger partial charge is 0.457 e. The monoisotopic (exact) mass is 598 g/mol. The normalized spacial score (nSPS) is 10.6. The van der Waals surface area contributed by atoms with Crippen molar-refractivity contribution in [1.82, 2.24) is 0 Å². The van der Waals surface area contributed by atoms with E-state index in [0.717, 1.165) is 0 Å². The van der Waals surface area contributed by atoms with E-state index >= 15 is 0 Å². The minimum Gasteiger partial charge on any atom is -0.457 e. The number of carbonyl (C=O) groups is 2. The summed E-state index contributed by atoms with van der Waals surface area (Å²) in [6.07, 6.45) is 0. The van der Waals surface area contributed by atoms with E-state index in [1.165, 1.54) is 48.5 Å². The summed E-state index contributed by atoms with van der Waals surface area (Å²) in [5.41, 5.74) is 1.96. The predicted molar refractivity (Wildman–Crippen MR) is 166 cm³/mol. The van der Waals surface area contributed by atoms with Crippen molar-refractivity contribution in [2.75, 3.05) is 0 Å². The molecule has 0 amide bonds. The zero-order valence-electron chi connectivity index (χ0n) is 23.7. The average molecular weight is 599 g/mol. The third kappa shape index (κ3) is 7.29. The van der Waals surface area contributed by atoms with Crippen LogP contribution in [0.25, 0.3) is 0 Å². The zero-order valence-corrected chi connectivity index (χ0v) is 23.7. The van der Waals surface area contributed by atoms with Gasteiger partial charge in [0.2, 0.25) is 0 Å². The van der Waals surface area contributed by atoms with Crippen LogP contribution < -0.4 is 14.2 Å². The van der Waals surface area contributed by atoms with Crippen LogP contribution in [0.4, 0.5) is 8.78 Å².